The fourth-order valence-electron chi connectivity index (χ4n) is 3.72. The van der Waals surface area contributed by atoms with Gasteiger partial charge in [-0.25, -0.2) is 0 Å². The second-order valence-corrected chi connectivity index (χ2v) is 8.07. The van der Waals surface area contributed by atoms with Crippen LogP contribution in [0.2, 0.25) is 0 Å². The van der Waals surface area contributed by atoms with Crippen LogP contribution in [0.3, 0.4) is 0 Å². The van der Waals surface area contributed by atoms with Gasteiger partial charge in [-0.2, -0.15) is 0 Å². The van der Waals surface area contributed by atoms with Gasteiger partial charge in [0.15, 0.2) is 0 Å². The van der Waals surface area contributed by atoms with Gasteiger partial charge in [0.2, 0.25) is 0 Å². The lowest BCUT2D eigenvalue weighted by Gasteiger charge is -2.29. The third-order valence-corrected chi connectivity index (χ3v) is 5.36. The summed E-state index contributed by atoms with van der Waals surface area (Å²) in [5.74, 6) is -1.54. The first-order valence-corrected chi connectivity index (χ1v) is 10.4. The number of unbranched alkanes of at least 4 members (excludes halogenated alkanes) is 4. The molecule has 0 aromatic carbocycles. The van der Waals surface area contributed by atoms with Crippen LogP contribution in [0.1, 0.15) is 97.8 Å². The Balaban J connectivity index is 2.54. The van der Waals surface area contributed by atoms with Crippen LogP contribution in [0, 0.1) is 17.8 Å². The molecule has 3 unspecified atom stereocenters. The highest BCUT2D eigenvalue weighted by atomic mass is 16.5. The zero-order valence-electron chi connectivity index (χ0n) is 16.5. The van der Waals surface area contributed by atoms with Crippen LogP contribution in [-0.2, 0) is 14.3 Å². The van der Waals surface area contributed by atoms with Crippen molar-refractivity contribution in [1.82, 2.24) is 0 Å². The summed E-state index contributed by atoms with van der Waals surface area (Å²) in [7, 11) is 0. The van der Waals surface area contributed by atoms with E-state index in [4.69, 9.17) is 4.74 Å². The van der Waals surface area contributed by atoms with Gasteiger partial charge in [0.1, 0.15) is 6.10 Å². The van der Waals surface area contributed by atoms with E-state index in [1.165, 1.54) is 25.7 Å². The number of hydrogen-bond donors (Lipinski definition) is 1. The van der Waals surface area contributed by atoms with Gasteiger partial charge in [0.25, 0.3) is 0 Å². The molecule has 0 spiro atoms. The van der Waals surface area contributed by atoms with Crippen LogP contribution < -0.4 is 0 Å². The average Bonchev–Trinajstić information content (AvgIpc) is 2.58. The minimum absolute atomic E-state index is 0.0482. The second-order valence-electron chi connectivity index (χ2n) is 8.07. The molecule has 1 aliphatic carbocycles. The Morgan fingerprint density at radius 3 is 2.20 bits per heavy atom. The summed E-state index contributed by atoms with van der Waals surface area (Å²) >= 11 is 0. The van der Waals surface area contributed by atoms with Crippen molar-refractivity contribution in [3.05, 3.63) is 0 Å². The van der Waals surface area contributed by atoms with Gasteiger partial charge >= 0.3 is 11.9 Å². The van der Waals surface area contributed by atoms with E-state index in [2.05, 4.69) is 20.8 Å². The van der Waals surface area contributed by atoms with Crippen molar-refractivity contribution in [2.24, 2.45) is 17.8 Å². The van der Waals surface area contributed by atoms with E-state index in [0.29, 0.717) is 18.8 Å². The highest BCUT2D eigenvalue weighted by molar-refractivity contribution is 5.81. The molecular formula is C21H38O4. The first-order chi connectivity index (χ1) is 12.0. The number of aliphatic carboxylic acids is 1. The molecule has 1 saturated carbocycles. The second kappa shape index (κ2) is 12.3. The molecule has 1 fully saturated rings. The van der Waals surface area contributed by atoms with Crippen LogP contribution in [0.4, 0.5) is 0 Å². The van der Waals surface area contributed by atoms with E-state index in [9.17, 15) is 14.7 Å². The molecule has 4 nitrogen and oxygen atoms in total. The van der Waals surface area contributed by atoms with E-state index < -0.39 is 17.8 Å². The zero-order valence-corrected chi connectivity index (χ0v) is 16.5. The third-order valence-electron chi connectivity index (χ3n) is 5.36. The molecule has 0 heterocycles. The number of carboxylic acids is 1. The number of rotatable bonds is 12. The quantitative estimate of drug-likeness (QED) is 0.367. The Morgan fingerprint density at radius 2 is 1.60 bits per heavy atom. The third kappa shape index (κ3) is 8.73. The molecule has 0 amide bonds. The number of carboxylic acid groups (broad SMARTS) is 1. The van der Waals surface area contributed by atoms with Crippen molar-refractivity contribution >= 4 is 11.9 Å². The molecule has 1 rings (SSSR count). The highest BCUT2D eigenvalue weighted by Gasteiger charge is 2.37. The lowest BCUT2D eigenvalue weighted by atomic mass is 9.79. The fourth-order valence-corrected chi connectivity index (χ4v) is 3.72. The standard InChI is InChI=1S/C21H38O4/c1-4-5-6-7-8-11-17(15-14-16(2)3)25-21(24)19-13-10-9-12-18(19)20(22)23/h16-19H,4-15H2,1-3H3,(H,22,23). The Labute approximate surface area is 153 Å². The summed E-state index contributed by atoms with van der Waals surface area (Å²) < 4.78 is 5.83. The van der Waals surface area contributed by atoms with Crippen molar-refractivity contribution in [3.8, 4) is 0 Å². The average molecular weight is 355 g/mol. The minimum atomic E-state index is -0.847. The summed E-state index contributed by atoms with van der Waals surface area (Å²) in [6.45, 7) is 6.57. The van der Waals surface area contributed by atoms with Gasteiger partial charge < -0.3 is 9.84 Å². The normalized spacial score (nSPS) is 21.9. The van der Waals surface area contributed by atoms with Crippen molar-refractivity contribution in [2.75, 3.05) is 0 Å². The topological polar surface area (TPSA) is 63.6 Å². The summed E-state index contributed by atoms with van der Waals surface area (Å²) in [6.07, 6.45) is 11.9. The van der Waals surface area contributed by atoms with Crippen molar-refractivity contribution < 1.29 is 19.4 Å². The van der Waals surface area contributed by atoms with Gasteiger partial charge in [-0.1, -0.05) is 59.3 Å². The summed E-state index contributed by atoms with van der Waals surface area (Å²) in [5.41, 5.74) is 0. The van der Waals surface area contributed by atoms with E-state index in [0.717, 1.165) is 38.5 Å². The van der Waals surface area contributed by atoms with Crippen molar-refractivity contribution in [1.29, 1.82) is 0 Å². The van der Waals surface area contributed by atoms with E-state index in [1.54, 1.807) is 0 Å². The van der Waals surface area contributed by atoms with Crippen molar-refractivity contribution in [2.45, 2.75) is 104 Å². The molecule has 25 heavy (non-hydrogen) atoms. The molecule has 0 aromatic rings. The lowest BCUT2D eigenvalue weighted by Crippen LogP contribution is -2.35. The van der Waals surface area contributed by atoms with Gasteiger partial charge in [0, 0.05) is 0 Å². The maximum absolute atomic E-state index is 12.6. The SMILES string of the molecule is CCCCCCCC(CCC(C)C)OC(=O)C1CCCCC1C(=O)O. The smallest absolute Gasteiger partial charge is 0.310 e. The Kier molecular flexibility index (Phi) is 10.8. The molecule has 0 bridgehead atoms. The van der Waals surface area contributed by atoms with Crippen LogP contribution in [0.15, 0.2) is 0 Å². The molecule has 4 heteroatoms. The van der Waals surface area contributed by atoms with E-state index in [-0.39, 0.29) is 12.1 Å². The predicted molar refractivity (Wildman–Crippen MR) is 100 cm³/mol. The Hall–Kier alpha value is -1.06. The summed E-state index contributed by atoms with van der Waals surface area (Å²) in [5, 5.41) is 9.38. The summed E-state index contributed by atoms with van der Waals surface area (Å²) in [6, 6.07) is 0. The van der Waals surface area contributed by atoms with Crippen LogP contribution in [-0.4, -0.2) is 23.1 Å². The van der Waals surface area contributed by atoms with Crippen molar-refractivity contribution in [3.63, 3.8) is 0 Å². The first-order valence-electron chi connectivity index (χ1n) is 10.4. The Bertz CT molecular complexity index is 391. The summed E-state index contributed by atoms with van der Waals surface area (Å²) in [4.78, 5) is 24.1. The monoisotopic (exact) mass is 354 g/mol. The molecular weight excluding hydrogens is 316 g/mol. The van der Waals surface area contributed by atoms with Gasteiger partial charge in [0.05, 0.1) is 11.8 Å². The van der Waals surface area contributed by atoms with Gasteiger partial charge in [-0.15, -0.1) is 0 Å². The molecule has 0 saturated heterocycles. The zero-order chi connectivity index (χ0) is 18.7. The molecule has 0 aromatic heterocycles. The molecule has 1 aliphatic rings. The first kappa shape index (κ1) is 22.0. The van der Waals surface area contributed by atoms with Crippen LogP contribution in [0.5, 0.6) is 0 Å². The molecule has 0 radical (unpaired) electrons. The largest absolute Gasteiger partial charge is 0.481 e. The van der Waals surface area contributed by atoms with Gasteiger partial charge in [-0.3, -0.25) is 9.59 Å². The maximum Gasteiger partial charge on any atom is 0.310 e. The van der Waals surface area contributed by atoms with Crippen LogP contribution in [0.25, 0.3) is 0 Å². The number of ether oxygens (including phenoxy) is 1. The number of hydrogen-bond acceptors (Lipinski definition) is 3. The molecule has 0 aliphatic heterocycles. The number of carbonyl (C=O) groups excluding carboxylic acids is 1. The highest BCUT2D eigenvalue weighted by Crippen LogP contribution is 2.32. The lowest BCUT2D eigenvalue weighted by molar-refractivity contribution is -0.164. The Morgan fingerprint density at radius 1 is 0.960 bits per heavy atom. The maximum atomic E-state index is 12.6. The minimum Gasteiger partial charge on any atom is -0.481 e. The molecule has 3 atom stereocenters. The van der Waals surface area contributed by atoms with Gasteiger partial charge in [-0.05, 0) is 44.4 Å². The van der Waals surface area contributed by atoms with E-state index >= 15 is 0 Å². The van der Waals surface area contributed by atoms with Crippen LogP contribution >= 0.6 is 0 Å². The van der Waals surface area contributed by atoms with E-state index in [1.807, 2.05) is 0 Å². The predicted octanol–water partition coefficient (Wildman–Crippen LogP) is 5.59. The molecule has 1 N–H and O–H groups in total. The number of carbonyl (C=O) groups is 2. The fraction of sp³-hybridized carbons (Fsp3) is 0.905. The number of esters is 1. The molecule has 146 valence electrons.